The zero-order valence-corrected chi connectivity index (χ0v) is 13.3. The lowest BCUT2D eigenvalue weighted by Gasteiger charge is -2.18. The second kappa shape index (κ2) is 5.46. The third-order valence-corrected chi connectivity index (χ3v) is 5.89. The van der Waals surface area contributed by atoms with E-state index in [2.05, 4.69) is 51.0 Å². The molecule has 0 amide bonds. The summed E-state index contributed by atoms with van der Waals surface area (Å²) in [7, 11) is 0. The van der Waals surface area contributed by atoms with Crippen LogP contribution in [0.15, 0.2) is 42.7 Å². The van der Waals surface area contributed by atoms with Gasteiger partial charge in [0.15, 0.2) is 0 Å². The fourth-order valence-corrected chi connectivity index (χ4v) is 4.79. The van der Waals surface area contributed by atoms with Crippen LogP contribution in [-0.2, 0) is 17.8 Å². The Balaban J connectivity index is 1.28. The van der Waals surface area contributed by atoms with E-state index >= 15 is 0 Å². The third-order valence-electron chi connectivity index (χ3n) is 5.89. The summed E-state index contributed by atoms with van der Waals surface area (Å²) in [4.78, 5) is 7.20. The van der Waals surface area contributed by atoms with Gasteiger partial charge in [-0.2, -0.15) is 0 Å². The summed E-state index contributed by atoms with van der Waals surface area (Å²) in [6.45, 7) is 4.24. The lowest BCUT2D eigenvalue weighted by molar-refractivity contribution is 0.0692. The van der Waals surface area contributed by atoms with Crippen molar-refractivity contribution in [3.05, 3.63) is 54.1 Å². The van der Waals surface area contributed by atoms with Crippen molar-refractivity contribution in [2.45, 2.75) is 38.1 Å². The number of ether oxygens (including phenoxy) is 1. The highest BCUT2D eigenvalue weighted by Crippen LogP contribution is 2.47. The van der Waals surface area contributed by atoms with E-state index in [1.165, 1.54) is 37.3 Å². The Morgan fingerprint density at radius 2 is 1.74 bits per heavy atom. The Bertz CT molecular complexity index is 665. The van der Waals surface area contributed by atoms with Gasteiger partial charge < -0.3 is 9.30 Å². The number of nitrogens with zero attached hydrogens (tertiary/aromatic N) is 3. The minimum atomic E-state index is 0.541. The summed E-state index contributed by atoms with van der Waals surface area (Å²) in [5.74, 6) is 2.72. The van der Waals surface area contributed by atoms with Crippen LogP contribution in [0.4, 0.5) is 0 Å². The largest absolute Gasteiger partial charge is 0.374 e. The molecule has 3 aliphatic rings. The van der Waals surface area contributed by atoms with Crippen LogP contribution < -0.4 is 0 Å². The maximum absolute atomic E-state index is 6.08. The molecule has 0 spiro atoms. The van der Waals surface area contributed by atoms with Crippen LogP contribution in [0.1, 0.15) is 24.2 Å². The minimum Gasteiger partial charge on any atom is -0.374 e. The van der Waals surface area contributed by atoms with Gasteiger partial charge in [-0.25, -0.2) is 4.98 Å². The van der Waals surface area contributed by atoms with Crippen LogP contribution in [0, 0.1) is 11.8 Å². The molecule has 3 fully saturated rings. The van der Waals surface area contributed by atoms with E-state index in [0.29, 0.717) is 12.2 Å². The first-order valence-corrected chi connectivity index (χ1v) is 8.78. The predicted molar refractivity (Wildman–Crippen MR) is 87.9 cm³/mol. The molecule has 3 aliphatic heterocycles. The molecule has 4 heterocycles. The smallest absolute Gasteiger partial charge is 0.123 e. The maximum Gasteiger partial charge on any atom is 0.123 e. The zero-order valence-electron chi connectivity index (χ0n) is 13.3. The molecule has 120 valence electrons. The van der Waals surface area contributed by atoms with Crippen molar-refractivity contribution in [2.75, 3.05) is 13.1 Å². The van der Waals surface area contributed by atoms with Gasteiger partial charge in [-0.15, -0.1) is 0 Å². The number of rotatable bonds is 4. The second-order valence-electron chi connectivity index (χ2n) is 7.27. The van der Waals surface area contributed by atoms with E-state index in [0.717, 1.165) is 24.9 Å². The van der Waals surface area contributed by atoms with Crippen molar-refractivity contribution < 1.29 is 4.74 Å². The Morgan fingerprint density at radius 1 is 1.00 bits per heavy atom. The van der Waals surface area contributed by atoms with Gasteiger partial charge >= 0.3 is 0 Å². The average Bonchev–Trinajstić information content (AvgIpc) is 3.31. The van der Waals surface area contributed by atoms with E-state index in [-0.39, 0.29) is 0 Å². The molecule has 3 saturated heterocycles. The summed E-state index contributed by atoms with van der Waals surface area (Å²) < 4.78 is 8.36. The van der Waals surface area contributed by atoms with Crippen molar-refractivity contribution in [2.24, 2.45) is 11.8 Å². The molecule has 4 atom stereocenters. The Kier molecular flexibility index (Phi) is 3.27. The molecule has 4 nitrogen and oxygen atoms in total. The van der Waals surface area contributed by atoms with Gasteiger partial charge in [0.25, 0.3) is 0 Å². The van der Waals surface area contributed by atoms with Crippen LogP contribution in [0.3, 0.4) is 0 Å². The highest BCUT2D eigenvalue weighted by atomic mass is 16.5. The number of hydrogen-bond donors (Lipinski definition) is 0. The summed E-state index contributed by atoms with van der Waals surface area (Å²) in [5, 5.41) is 0. The van der Waals surface area contributed by atoms with Crippen LogP contribution in [0.25, 0.3) is 0 Å². The van der Waals surface area contributed by atoms with E-state index in [9.17, 15) is 0 Å². The maximum atomic E-state index is 6.08. The van der Waals surface area contributed by atoms with Crippen LogP contribution in [0.5, 0.6) is 0 Å². The molecule has 0 N–H and O–H groups in total. The molecular weight excluding hydrogens is 286 g/mol. The molecule has 1 aromatic heterocycles. The molecule has 5 rings (SSSR count). The van der Waals surface area contributed by atoms with Gasteiger partial charge in [-0.1, -0.05) is 30.3 Å². The molecule has 1 aromatic carbocycles. The van der Waals surface area contributed by atoms with Crippen molar-refractivity contribution in [3.63, 3.8) is 0 Å². The Hall–Kier alpha value is -1.65. The normalized spacial score (nSPS) is 32.5. The molecule has 0 saturated carbocycles. The SMILES string of the molecule is c1ccc(Cn2ccnc2CN2C[C@@H]3[C@H](C2)[C@H]2CC[C@H]3O2)cc1. The Labute approximate surface area is 137 Å². The topological polar surface area (TPSA) is 30.3 Å². The van der Waals surface area contributed by atoms with Gasteiger partial charge in [0.1, 0.15) is 5.82 Å². The second-order valence-corrected chi connectivity index (χ2v) is 7.27. The molecule has 0 aliphatic carbocycles. The molecule has 0 radical (unpaired) electrons. The summed E-state index contributed by atoms with van der Waals surface area (Å²) in [6, 6.07) is 10.6. The molecule has 23 heavy (non-hydrogen) atoms. The van der Waals surface area contributed by atoms with E-state index in [4.69, 9.17) is 4.74 Å². The van der Waals surface area contributed by atoms with Crippen LogP contribution in [0.2, 0.25) is 0 Å². The van der Waals surface area contributed by atoms with E-state index < -0.39 is 0 Å². The third kappa shape index (κ3) is 2.41. The first-order valence-electron chi connectivity index (χ1n) is 8.78. The van der Waals surface area contributed by atoms with Crippen LogP contribution >= 0.6 is 0 Å². The molecule has 4 heteroatoms. The van der Waals surface area contributed by atoms with Gasteiger partial charge in [0, 0.05) is 43.9 Å². The quantitative estimate of drug-likeness (QED) is 0.869. The number of aromatic nitrogens is 2. The summed E-state index contributed by atoms with van der Waals surface area (Å²) >= 11 is 0. The van der Waals surface area contributed by atoms with Gasteiger partial charge in [-0.3, -0.25) is 4.90 Å². The minimum absolute atomic E-state index is 0.541. The highest BCUT2D eigenvalue weighted by molar-refractivity contribution is 5.16. The first kappa shape index (κ1) is 13.8. The number of likely N-dealkylation sites (tertiary alicyclic amines) is 1. The highest BCUT2D eigenvalue weighted by Gasteiger charge is 2.52. The Morgan fingerprint density at radius 3 is 2.48 bits per heavy atom. The average molecular weight is 309 g/mol. The lowest BCUT2D eigenvalue weighted by Crippen LogP contribution is -2.26. The van der Waals surface area contributed by atoms with Crippen molar-refractivity contribution >= 4 is 0 Å². The fourth-order valence-electron chi connectivity index (χ4n) is 4.79. The number of benzene rings is 1. The summed E-state index contributed by atoms with van der Waals surface area (Å²) in [6.07, 6.45) is 7.68. The number of fused-ring (bicyclic) bond motifs is 5. The molecular formula is C19H23N3O. The van der Waals surface area contributed by atoms with Crippen LogP contribution in [-0.4, -0.2) is 39.7 Å². The van der Waals surface area contributed by atoms with Crippen molar-refractivity contribution in [1.29, 1.82) is 0 Å². The predicted octanol–water partition coefficient (Wildman–Crippen LogP) is 2.54. The molecule has 2 aromatic rings. The van der Waals surface area contributed by atoms with Crippen molar-refractivity contribution in [1.82, 2.24) is 14.5 Å². The standard InChI is InChI=1S/C19H23N3O/c1-2-4-14(5-3-1)10-22-9-8-20-19(22)13-21-11-15-16(12-21)18-7-6-17(15)23-18/h1-5,8-9,15-18H,6-7,10-13H2/t15-,16+,17-,18-/m1/s1. The molecule has 0 unspecified atom stereocenters. The number of hydrogen-bond acceptors (Lipinski definition) is 3. The zero-order chi connectivity index (χ0) is 15.2. The number of imidazole rings is 1. The van der Waals surface area contributed by atoms with E-state index in [1.807, 2.05) is 6.20 Å². The fraction of sp³-hybridized carbons (Fsp3) is 0.526. The monoisotopic (exact) mass is 309 g/mol. The van der Waals surface area contributed by atoms with Crippen molar-refractivity contribution in [3.8, 4) is 0 Å². The van der Waals surface area contributed by atoms with Gasteiger partial charge in [0.2, 0.25) is 0 Å². The van der Waals surface area contributed by atoms with Gasteiger partial charge in [0.05, 0.1) is 18.8 Å². The molecule has 2 bridgehead atoms. The summed E-state index contributed by atoms with van der Waals surface area (Å²) in [5.41, 5.74) is 1.33. The van der Waals surface area contributed by atoms with E-state index in [1.54, 1.807) is 0 Å². The van der Waals surface area contributed by atoms with Gasteiger partial charge in [-0.05, 0) is 18.4 Å². The first-order chi connectivity index (χ1) is 11.4. The lowest BCUT2D eigenvalue weighted by atomic mass is 9.82.